The fourth-order valence-corrected chi connectivity index (χ4v) is 0.836. The van der Waals surface area contributed by atoms with Crippen LogP contribution in [0.25, 0.3) is 0 Å². The Morgan fingerprint density at radius 2 is 2.58 bits per heavy atom. The lowest BCUT2D eigenvalue weighted by molar-refractivity contribution is 0.166. The molecule has 1 aromatic heterocycles. The summed E-state index contributed by atoms with van der Waals surface area (Å²) in [5, 5.41) is 12.2. The van der Waals surface area contributed by atoms with Gasteiger partial charge in [-0.1, -0.05) is 6.92 Å². The molecule has 0 aliphatic heterocycles. The van der Waals surface area contributed by atoms with E-state index in [9.17, 15) is 5.11 Å². The zero-order valence-corrected chi connectivity index (χ0v) is 7.16. The number of rotatable bonds is 5. The topological polar surface area (TPSA) is 58.3 Å². The van der Waals surface area contributed by atoms with Gasteiger partial charge < -0.3 is 14.8 Å². The SMILES string of the molecule is CCC(O)CNCc1cnco1. The Morgan fingerprint density at radius 1 is 1.75 bits per heavy atom. The van der Waals surface area contributed by atoms with Gasteiger partial charge in [-0.25, -0.2) is 4.98 Å². The van der Waals surface area contributed by atoms with E-state index in [1.165, 1.54) is 6.39 Å². The van der Waals surface area contributed by atoms with Gasteiger partial charge in [0, 0.05) is 6.54 Å². The van der Waals surface area contributed by atoms with Gasteiger partial charge in [0.15, 0.2) is 6.39 Å². The largest absolute Gasteiger partial charge is 0.447 e. The molecule has 0 bridgehead atoms. The number of aliphatic hydroxyl groups excluding tert-OH is 1. The van der Waals surface area contributed by atoms with Crippen molar-refractivity contribution in [3.8, 4) is 0 Å². The molecule has 1 rings (SSSR count). The van der Waals surface area contributed by atoms with Gasteiger partial charge in [0.25, 0.3) is 0 Å². The minimum Gasteiger partial charge on any atom is -0.447 e. The van der Waals surface area contributed by atoms with Crippen LogP contribution in [0.4, 0.5) is 0 Å². The molecule has 0 aromatic carbocycles. The van der Waals surface area contributed by atoms with Crippen LogP contribution in [0.3, 0.4) is 0 Å². The maximum atomic E-state index is 9.18. The van der Waals surface area contributed by atoms with Crippen molar-refractivity contribution in [2.45, 2.75) is 26.0 Å². The monoisotopic (exact) mass is 170 g/mol. The van der Waals surface area contributed by atoms with E-state index in [1.54, 1.807) is 6.20 Å². The third-order valence-electron chi connectivity index (χ3n) is 1.63. The molecule has 0 aliphatic carbocycles. The average molecular weight is 170 g/mol. The first kappa shape index (κ1) is 9.22. The van der Waals surface area contributed by atoms with Crippen LogP contribution in [-0.2, 0) is 6.54 Å². The lowest BCUT2D eigenvalue weighted by atomic mass is 10.3. The lowest BCUT2D eigenvalue weighted by Gasteiger charge is -2.07. The highest BCUT2D eigenvalue weighted by Crippen LogP contribution is 1.95. The minimum atomic E-state index is -0.270. The number of oxazole rings is 1. The van der Waals surface area contributed by atoms with E-state index in [0.29, 0.717) is 13.1 Å². The van der Waals surface area contributed by atoms with E-state index < -0.39 is 0 Å². The first-order valence-electron chi connectivity index (χ1n) is 4.09. The average Bonchev–Trinajstić information content (AvgIpc) is 2.57. The molecule has 2 N–H and O–H groups in total. The molecule has 1 atom stereocenters. The van der Waals surface area contributed by atoms with E-state index in [4.69, 9.17) is 4.42 Å². The van der Waals surface area contributed by atoms with E-state index in [0.717, 1.165) is 12.2 Å². The molecule has 0 amide bonds. The molecule has 68 valence electrons. The van der Waals surface area contributed by atoms with Crippen LogP contribution in [0, 0.1) is 0 Å². The van der Waals surface area contributed by atoms with Gasteiger partial charge >= 0.3 is 0 Å². The second-order valence-corrected chi connectivity index (χ2v) is 2.66. The first-order valence-corrected chi connectivity index (χ1v) is 4.09. The lowest BCUT2D eigenvalue weighted by Crippen LogP contribution is -2.25. The van der Waals surface area contributed by atoms with Crippen molar-refractivity contribution >= 4 is 0 Å². The molecule has 1 heterocycles. The van der Waals surface area contributed by atoms with E-state index in [-0.39, 0.29) is 6.10 Å². The molecular weight excluding hydrogens is 156 g/mol. The Labute approximate surface area is 71.6 Å². The summed E-state index contributed by atoms with van der Waals surface area (Å²) in [6, 6.07) is 0. The molecule has 0 radical (unpaired) electrons. The molecule has 0 fully saturated rings. The van der Waals surface area contributed by atoms with Crippen LogP contribution < -0.4 is 5.32 Å². The summed E-state index contributed by atoms with van der Waals surface area (Å²) in [5.74, 6) is 0.790. The standard InChI is InChI=1S/C8H14N2O2/c1-2-7(11)3-9-4-8-5-10-6-12-8/h5-7,9,11H,2-4H2,1H3. The smallest absolute Gasteiger partial charge is 0.180 e. The summed E-state index contributed by atoms with van der Waals surface area (Å²) >= 11 is 0. The summed E-state index contributed by atoms with van der Waals surface area (Å²) in [4.78, 5) is 3.77. The van der Waals surface area contributed by atoms with Gasteiger partial charge in [0.1, 0.15) is 5.76 Å². The van der Waals surface area contributed by atoms with Crippen LogP contribution in [0.1, 0.15) is 19.1 Å². The van der Waals surface area contributed by atoms with E-state index in [2.05, 4.69) is 10.3 Å². The molecule has 0 aliphatic rings. The zero-order chi connectivity index (χ0) is 8.81. The third-order valence-corrected chi connectivity index (χ3v) is 1.63. The van der Waals surface area contributed by atoms with Crippen LogP contribution in [-0.4, -0.2) is 22.7 Å². The van der Waals surface area contributed by atoms with Crippen molar-refractivity contribution in [1.29, 1.82) is 0 Å². The maximum absolute atomic E-state index is 9.18. The highest BCUT2D eigenvalue weighted by Gasteiger charge is 2.00. The predicted octanol–water partition coefficient (Wildman–Crippen LogP) is 0.535. The second kappa shape index (κ2) is 4.90. The number of nitrogens with one attached hydrogen (secondary N) is 1. The molecule has 0 saturated heterocycles. The van der Waals surface area contributed by atoms with Crippen molar-refractivity contribution in [2.24, 2.45) is 0 Å². The van der Waals surface area contributed by atoms with Crippen molar-refractivity contribution in [3.05, 3.63) is 18.4 Å². The Morgan fingerprint density at radius 3 is 3.17 bits per heavy atom. The molecule has 0 saturated carbocycles. The zero-order valence-electron chi connectivity index (χ0n) is 7.16. The highest BCUT2D eigenvalue weighted by molar-refractivity contribution is 4.87. The molecule has 4 heteroatoms. The van der Waals surface area contributed by atoms with Crippen LogP contribution >= 0.6 is 0 Å². The molecule has 1 aromatic rings. The maximum Gasteiger partial charge on any atom is 0.180 e. The van der Waals surface area contributed by atoms with Gasteiger partial charge in [-0.15, -0.1) is 0 Å². The van der Waals surface area contributed by atoms with Gasteiger partial charge in [0.2, 0.25) is 0 Å². The fraction of sp³-hybridized carbons (Fsp3) is 0.625. The van der Waals surface area contributed by atoms with Crippen LogP contribution in [0.5, 0.6) is 0 Å². The number of hydrogen-bond acceptors (Lipinski definition) is 4. The number of hydrogen-bond donors (Lipinski definition) is 2. The quantitative estimate of drug-likeness (QED) is 0.677. The summed E-state index contributed by atoms with van der Waals surface area (Å²) < 4.78 is 4.99. The molecule has 0 spiro atoms. The summed E-state index contributed by atoms with van der Waals surface area (Å²) in [7, 11) is 0. The van der Waals surface area contributed by atoms with Crippen molar-refractivity contribution in [1.82, 2.24) is 10.3 Å². The van der Waals surface area contributed by atoms with Gasteiger partial charge in [0.05, 0.1) is 18.8 Å². The molecule has 4 nitrogen and oxygen atoms in total. The second-order valence-electron chi connectivity index (χ2n) is 2.66. The fourth-order valence-electron chi connectivity index (χ4n) is 0.836. The van der Waals surface area contributed by atoms with Crippen LogP contribution in [0.15, 0.2) is 17.0 Å². The first-order chi connectivity index (χ1) is 5.83. The molecule has 12 heavy (non-hydrogen) atoms. The summed E-state index contributed by atoms with van der Waals surface area (Å²) in [6.45, 7) is 3.16. The van der Waals surface area contributed by atoms with Gasteiger partial charge in [-0.05, 0) is 6.42 Å². The Balaban J connectivity index is 2.11. The van der Waals surface area contributed by atoms with Gasteiger partial charge in [-0.3, -0.25) is 0 Å². The number of aromatic nitrogens is 1. The molecular formula is C8H14N2O2. The highest BCUT2D eigenvalue weighted by atomic mass is 16.3. The Hall–Kier alpha value is -0.870. The normalized spacial score (nSPS) is 13.2. The summed E-state index contributed by atoms with van der Waals surface area (Å²) in [5.41, 5.74) is 0. The number of nitrogens with zero attached hydrogens (tertiary/aromatic N) is 1. The van der Waals surface area contributed by atoms with E-state index >= 15 is 0 Å². The Bertz CT molecular complexity index is 199. The number of aliphatic hydroxyl groups is 1. The van der Waals surface area contributed by atoms with Crippen molar-refractivity contribution in [2.75, 3.05) is 6.54 Å². The van der Waals surface area contributed by atoms with Crippen LogP contribution in [0.2, 0.25) is 0 Å². The van der Waals surface area contributed by atoms with Crippen molar-refractivity contribution in [3.63, 3.8) is 0 Å². The minimum absolute atomic E-state index is 0.270. The predicted molar refractivity (Wildman–Crippen MR) is 44.5 cm³/mol. The van der Waals surface area contributed by atoms with Crippen molar-refractivity contribution < 1.29 is 9.52 Å². The Kier molecular flexibility index (Phi) is 3.76. The van der Waals surface area contributed by atoms with E-state index in [1.807, 2.05) is 6.92 Å². The van der Waals surface area contributed by atoms with Gasteiger partial charge in [-0.2, -0.15) is 0 Å². The molecule has 1 unspecified atom stereocenters. The summed E-state index contributed by atoms with van der Waals surface area (Å²) in [6.07, 6.45) is 3.55. The third kappa shape index (κ3) is 3.02.